The molecular weight excluding hydrogens is 530 g/mol. The van der Waals surface area contributed by atoms with E-state index in [1.165, 1.54) is 12.3 Å². The number of carbonyl (C=O) groups is 2. The van der Waals surface area contributed by atoms with Crippen LogP contribution < -0.4 is 20.7 Å². The fraction of sp³-hybridized carbons (Fsp3) is 0.310. The van der Waals surface area contributed by atoms with Crippen LogP contribution in [-0.4, -0.2) is 76.9 Å². The number of halogens is 1. The standard InChI is InChI=1S/C29H32ClN7O3/c1-3-26(38)37-17-23(18-37)32-22-5-4-6-24(15-22)40-28-25(30)16-31-29(35-28)34-20-9-7-19(8-10-20)27(39)33-21-11-13-36(2)14-12-21/h3-10,15-16,21,23,32H,1,11-14,17-18H2,2H3,(H,33,39)(H,31,34,35). The van der Waals surface area contributed by atoms with E-state index in [2.05, 4.69) is 44.4 Å². The molecule has 2 aliphatic rings. The third-order valence-corrected chi connectivity index (χ3v) is 7.22. The first kappa shape index (κ1) is 27.4. The molecule has 1 aromatic heterocycles. The second-order valence-electron chi connectivity index (χ2n) is 10.0. The van der Waals surface area contributed by atoms with Gasteiger partial charge in [0, 0.05) is 42.1 Å². The minimum atomic E-state index is -0.0730. The second kappa shape index (κ2) is 12.4. The van der Waals surface area contributed by atoms with Crippen LogP contribution >= 0.6 is 11.6 Å². The Hall–Kier alpha value is -4.15. The minimum absolute atomic E-state index is 0.0672. The van der Waals surface area contributed by atoms with Gasteiger partial charge in [-0.25, -0.2) is 4.98 Å². The van der Waals surface area contributed by atoms with Gasteiger partial charge in [0.1, 0.15) is 10.8 Å². The van der Waals surface area contributed by atoms with Crippen molar-refractivity contribution in [3.63, 3.8) is 0 Å². The molecule has 11 heteroatoms. The molecule has 10 nitrogen and oxygen atoms in total. The number of ether oxygens (including phenoxy) is 1. The fourth-order valence-corrected chi connectivity index (χ4v) is 4.74. The van der Waals surface area contributed by atoms with E-state index < -0.39 is 0 Å². The molecule has 40 heavy (non-hydrogen) atoms. The van der Waals surface area contributed by atoms with Crippen molar-refractivity contribution < 1.29 is 14.3 Å². The second-order valence-corrected chi connectivity index (χ2v) is 10.4. The highest BCUT2D eigenvalue weighted by Gasteiger charge is 2.29. The molecule has 5 rings (SSSR count). The summed E-state index contributed by atoms with van der Waals surface area (Å²) in [4.78, 5) is 37.0. The number of benzene rings is 2. The highest BCUT2D eigenvalue weighted by Crippen LogP contribution is 2.30. The van der Waals surface area contributed by atoms with Gasteiger partial charge in [0.2, 0.25) is 17.7 Å². The lowest BCUT2D eigenvalue weighted by molar-refractivity contribution is -0.129. The van der Waals surface area contributed by atoms with Crippen LogP contribution in [0.3, 0.4) is 0 Å². The molecule has 0 bridgehead atoms. The summed E-state index contributed by atoms with van der Waals surface area (Å²) < 4.78 is 5.97. The Morgan fingerprint density at radius 2 is 1.82 bits per heavy atom. The Morgan fingerprint density at radius 3 is 2.55 bits per heavy atom. The number of hydrogen-bond acceptors (Lipinski definition) is 8. The summed E-state index contributed by atoms with van der Waals surface area (Å²) in [5.74, 6) is 0.920. The van der Waals surface area contributed by atoms with Crippen molar-refractivity contribution in [2.75, 3.05) is 43.9 Å². The van der Waals surface area contributed by atoms with E-state index in [0.29, 0.717) is 30.4 Å². The van der Waals surface area contributed by atoms with Crippen LogP contribution in [0.1, 0.15) is 23.2 Å². The van der Waals surface area contributed by atoms with E-state index in [-0.39, 0.29) is 34.8 Å². The normalized spacial score (nSPS) is 16.1. The zero-order chi connectivity index (χ0) is 28.1. The largest absolute Gasteiger partial charge is 0.437 e. The number of nitrogens with zero attached hydrogens (tertiary/aromatic N) is 4. The SMILES string of the molecule is C=CC(=O)N1CC(Nc2cccc(Oc3nc(Nc4ccc(C(=O)NC5CCN(C)CC5)cc4)ncc3Cl)c2)C1. The zero-order valence-electron chi connectivity index (χ0n) is 22.3. The fourth-order valence-electron chi connectivity index (χ4n) is 4.61. The summed E-state index contributed by atoms with van der Waals surface area (Å²) in [6.07, 6.45) is 4.71. The van der Waals surface area contributed by atoms with Crippen molar-refractivity contribution in [1.29, 1.82) is 0 Å². The molecule has 2 amide bonds. The van der Waals surface area contributed by atoms with Crippen LogP contribution in [0.4, 0.5) is 17.3 Å². The zero-order valence-corrected chi connectivity index (χ0v) is 23.0. The molecule has 2 aliphatic heterocycles. The molecule has 2 aromatic carbocycles. The Bertz CT molecular complexity index is 1370. The number of piperidine rings is 1. The monoisotopic (exact) mass is 561 g/mol. The van der Waals surface area contributed by atoms with Crippen molar-refractivity contribution in [3.05, 3.63) is 78.0 Å². The lowest BCUT2D eigenvalue weighted by atomic mass is 10.0. The Morgan fingerprint density at radius 1 is 1.07 bits per heavy atom. The molecule has 0 saturated carbocycles. The van der Waals surface area contributed by atoms with Crippen molar-refractivity contribution in [2.24, 2.45) is 0 Å². The highest BCUT2D eigenvalue weighted by molar-refractivity contribution is 6.31. The minimum Gasteiger partial charge on any atom is -0.437 e. The van der Waals surface area contributed by atoms with Gasteiger partial charge in [0.15, 0.2) is 0 Å². The average Bonchev–Trinajstić information content (AvgIpc) is 2.94. The molecule has 3 aromatic rings. The summed E-state index contributed by atoms with van der Waals surface area (Å²) >= 11 is 6.32. The maximum absolute atomic E-state index is 12.7. The summed E-state index contributed by atoms with van der Waals surface area (Å²) in [7, 11) is 2.10. The maximum Gasteiger partial charge on any atom is 0.251 e. The molecule has 0 unspecified atom stereocenters. The number of nitrogens with one attached hydrogen (secondary N) is 3. The smallest absolute Gasteiger partial charge is 0.251 e. The predicted octanol–water partition coefficient (Wildman–Crippen LogP) is 4.30. The van der Waals surface area contributed by atoms with E-state index in [1.54, 1.807) is 35.2 Å². The van der Waals surface area contributed by atoms with Crippen molar-refractivity contribution >= 4 is 40.7 Å². The molecule has 0 aliphatic carbocycles. The quantitative estimate of drug-likeness (QED) is 0.332. The first-order valence-corrected chi connectivity index (χ1v) is 13.6. The van der Waals surface area contributed by atoms with Crippen LogP contribution in [-0.2, 0) is 4.79 Å². The molecule has 3 N–H and O–H groups in total. The van der Waals surface area contributed by atoms with Gasteiger partial charge in [0.25, 0.3) is 5.91 Å². The topological polar surface area (TPSA) is 112 Å². The number of amides is 2. The van der Waals surface area contributed by atoms with Crippen molar-refractivity contribution in [2.45, 2.75) is 24.9 Å². The molecule has 0 radical (unpaired) electrons. The number of carbonyl (C=O) groups excluding carboxylic acids is 2. The van der Waals surface area contributed by atoms with Gasteiger partial charge in [-0.05, 0) is 75.5 Å². The van der Waals surface area contributed by atoms with E-state index in [9.17, 15) is 9.59 Å². The number of hydrogen-bond donors (Lipinski definition) is 3. The third-order valence-electron chi connectivity index (χ3n) is 6.96. The molecule has 0 atom stereocenters. The van der Waals surface area contributed by atoms with Crippen LogP contribution in [0.2, 0.25) is 5.02 Å². The summed E-state index contributed by atoms with van der Waals surface area (Å²) in [5.41, 5.74) is 2.18. The van der Waals surface area contributed by atoms with Crippen molar-refractivity contribution in [3.8, 4) is 11.6 Å². The van der Waals surface area contributed by atoms with Crippen LogP contribution in [0.15, 0.2) is 67.4 Å². The number of likely N-dealkylation sites (tertiary alicyclic amines) is 2. The van der Waals surface area contributed by atoms with E-state index >= 15 is 0 Å². The average molecular weight is 562 g/mol. The van der Waals surface area contributed by atoms with Crippen molar-refractivity contribution in [1.82, 2.24) is 25.1 Å². The van der Waals surface area contributed by atoms with Gasteiger partial charge in [-0.3, -0.25) is 9.59 Å². The number of rotatable bonds is 9. The number of aromatic nitrogens is 2. The van der Waals surface area contributed by atoms with Gasteiger partial charge >= 0.3 is 0 Å². The Balaban J connectivity index is 1.17. The molecule has 2 fully saturated rings. The lowest BCUT2D eigenvalue weighted by Crippen LogP contribution is -2.56. The molecule has 208 valence electrons. The highest BCUT2D eigenvalue weighted by atomic mass is 35.5. The predicted molar refractivity (Wildman–Crippen MR) is 155 cm³/mol. The van der Waals surface area contributed by atoms with Gasteiger partial charge < -0.3 is 30.5 Å². The van der Waals surface area contributed by atoms with Gasteiger partial charge in [-0.2, -0.15) is 4.98 Å². The summed E-state index contributed by atoms with van der Waals surface area (Å²) in [6.45, 7) is 6.73. The first-order chi connectivity index (χ1) is 19.4. The molecule has 3 heterocycles. The molecular formula is C29H32ClN7O3. The first-order valence-electron chi connectivity index (χ1n) is 13.2. The Kier molecular flexibility index (Phi) is 8.47. The van der Waals surface area contributed by atoms with Gasteiger partial charge in [0.05, 0.1) is 12.2 Å². The van der Waals surface area contributed by atoms with E-state index in [0.717, 1.165) is 37.3 Å². The van der Waals surface area contributed by atoms with E-state index in [1.807, 2.05) is 18.2 Å². The third kappa shape index (κ3) is 6.88. The summed E-state index contributed by atoms with van der Waals surface area (Å²) in [5, 5.41) is 9.92. The van der Waals surface area contributed by atoms with E-state index in [4.69, 9.17) is 16.3 Å². The molecule has 2 saturated heterocycles. The molecule has 0 spiro atoms. The summed E-state index contributed by atoms with van der Waals surface area (Å²) in [6, 6.07) is 15.0. The van der Waals surface area contributed by atoms with Crippen LogP contribution in [0.25, 0.3) is 0 Å². The maximum atomic E-state index is 12.7. The van der Waals surface area contributed by atoms with Crippen LogP contribution in [0.5, 0.6) is 11.6 Å². The van der Waals surface area contributed by atoms with Gasteiger partial charge in [-0.1, -0.05) is 24.2 Å². The van der Waals surface area contributed by atoms with Crippen LogP contribution in [0, 0.1) is 0 Å². The number of anilines is 3. The Labute approximate surface area is 238 Å². The van der Waals surface area contributed by atoms with Gasteiger partial charge in [-0.15, -0.1) is 0 Å². The lowest BCUT2D eigenvalue weighted by Gasteiger charge is -2.39.